The van der Waals surface area contributed by atoms with Crippen LogP contribution in [0.5, 0.6) is 0 Å². The fourth-order valence-electron chi connectivity index (χ4n) is 1.90. The molecule has 0 aliphatic carbocycles. The Morgan fingerprint density at radius 3 is 2.59 bits per heavy atom. The standard InChI is InChI=1S/C15H17ClN4O2/c1-8(16)14(21)17-12-6-4-5-11(7-12)15(22)18-13-9(2)19-20-10(13)3/h4-8H,1-3H3,(H,17,21)(H,18,22)(H,19,20)/t8-/m0/s1. The van der Waals surface area contributed by atoms with Crippen molar-refractivity contribution < 1.29 is 9.59 Å². The summed E-state index contributed by atoms with van der Waals surface area (Å²) in [6.45, 7) is 5.21. The van der Waals surface area contributed by atoms with Crippen molar-refractivity contribution in [1.82, 2.24) is 10.2 Å². The van der Waals surface area contributed by atoms with Gasteiger partial charge in [0.05, 0.1) is 17.1 Å². The molecular formula is C15H17ClN4O2. The summed E-state index contributed by atoms with van der Waals surface area (Å²) in [4.78, 5) is 23.9. The first-order valence-electron chi connectivity index (χ1n) is 6.76. The average molecular weight is 321 g/mol. The second kappa shape index (κ2) is 6.62. The maximum absolute atomic E-state index is 12.3. The number of hydrogen-bond donors (Lipinski definition) is 3. The number of halogens is 1. The maximum atomic E-state index is 12.3. The van der Waals surface area contributed by atoms with Crippen LogP contribution in [0.25, 0.3) is 0 Å². The van der Waals surface area contributed by atoms with Crippen molar-refractivity contribution in [3.63, 3.8) is 0 Å². The van der Waals surface area contributed by atoms with Crippen LogP contribution in [0, 0.1) is 13.8 Å². The number of amides is 2. The molecule has 7 heteroatoms. The summed E-state index contributed by atoms with van der Waals surface area (Å²) in [6, 6.07) is 6.65. The number of nitrogens with one attached hydrogen (secondary N) is 3. The Hall–Kier alpha value is -2.34. The van der Waals surface area contributed by atoms with Crippen molar-refractivity contribution >= 4 is 34.8 Å². The highest BCUT2D eigenvalue weighted by Gasteiger charge is 2.14. The maximum Gasteiger partial charge on any atom is 0.255 e. The van der Waals surface area contributed by atoms with E-state index in [1.807, 2.05) is 6.92 Å². The Kier molecular flexibility index (Phi) is 4.82. The highest BCUT2D eigenvalue weighted by molar-refractivity contribution is 6.32. The van der Waals surface area contributed by atoms with Crippen LogP contribution < -0.4 is 10.6 Å². The normalized spacial score (nSPS) is 11.8. The molecule has 3 N–H and O–H groups in total. The molecule has 22 heavy (non-hydrogen) atoms. The van der Waals surface area contributed by atoms with E-state index in [2.05, 4.69) is 20.8 Å². The van der Waals surface area contributed by atoms with Crippen LogP contribution in [0.4, 0.5) is 11.4 Å². The summed E-state index contributed by atoms with van der Waals surface area (Å²) in [5.41, 5.74) is 3.11. The van der Waals surface area contributed by atoms with Gasteiger partial charge in [-0.05, 0) is 39.0 Å². The van der Waals surface area contributed by atoms with Crippen LogP contribution in [0.1, 0.15) is 28.7 Å². The molecular weight excluding hydrogens is 304 g/mol. The number of aromatic amines is 1. The molecule has 1 atom stereocenters. The molecule has 116 valence electrons. The first-order chi connectivity index (χ1) is 10.4. The predicted molar refractivity (Wildman–Crippen MR) is 86.4 cm³/mol. The molecule has 1 aromatic heterocycles. The topological polar surface area (TPSA) is 86.9 Å². The molecule has 0 unspecified atom stereocenters. The lowest BCUT2D eigenvalue weighted by molar-refractivity contribution is -0.115. The number of carbonyl (C=O) groups excluding carboxylic acids is 2. The molecule has 2 rings (SSSR count). The zero-order valence-corrected chi connectivity index (χ0v) is 13.3. The van der Waals surface area contributed by atoms with Crippen LogP contribution in [-0.2, 0) is 4.79 Å². The summed E-state index contributed by atoms with van der Waals surface area (Å²) in [5.74, 6) is -0.594. The number of aryl methyl sites for hydroxylation is 2. The third kappa shape index (κ3) is 3.65. The second-order valence-electron chi connectivity index (χ2n) is 4.95. The van der Waals surface area contributed by atoms with Crippen LogP contribution in [0.2, 0.25) is 0 Å². The molecule has 0 spiro atoms. The molecule has 0 aliphatic rings. The van der Waals surface area contributed by atoms with E-state index in [1.54, 1.807) is 38.1 Å². The average Bonchev–Trinajstić information content (AvgIpc) is 2.79. The molecule has 1 heterocycles. The van der Waals surface area contributed by atoms with Gasteiger partial charge in [-0.15, -0.1) is 11.6 Å². The smallest absolute Gasteiger partial charge is 0.255 e. The zero-order chi connectivity index (χ0) is 16.3. The quantitative estimate of drug-likeness (QED) is 0.757. The zero-order valence-electron chi connectivity index (χ0n) is 12.5. The van der Waals surface area contributed by atoms with E-state index >= 15 is 0 Å². The number of benzene rings is 1. The van der Waals surface area contributed by atoms with Crippen molar-refractivity contribution in [3.05, 3.63) is 41.2 Å². The highest BCUT2D eigenvalue weighted by atomic mass is 35.5. The van der Waals surface area contributed by atoms with Crippen molar-refractivity contribution in [2.45, 2.75) is 26.1 Å². The van der Waals surface area contributed by atoms with Gasteiger partial charge in [0.25, 0.3) is 5.91 Å². The summed E-state index contributed by atoms with van der Waals surface area (Å²) >= 11 is 5.71. The summed E-state index contributed by atoms with van der Waals surface area (Å²) in [7, 11) is 0. The Bertz CT molecular complexity index is 690. The van der Waals surface area contributed by atoms with E-state index in [4.69, 9.17) is 11.6 Å². The van der Waals surface area contributed by atoms with Gasteiger partial charge in [0, 0.05) is 11.3 Å². The Balaban J connectivity index is 2.15. The third-order valence-electron chi connectivity index (χ3n) is 3.12. The number of aromatic nitrogens is 2. The van der Waals surface area contributed by atoms with Crippen molar-refractivity contribution in [1.29, 1.82) is 0 Å². The second-order valence-corrected chi connectivity index (χ2v) is 5.60. The van der Waals surface area contributed by atoms with Crippen LogP contribution in [-0.4, -0.2) is 27.4 Å². The first kappa shape index (κ1) is 16.0. The number of rotatable bonds is 4. The monoisotopic (exact) mass is 320 g/mol. The lowest BCUT2D eigenvalue weighted by Crippen LogP contribution is -2.20. The first-order valence-corrected chi connectivity index (χ1v) is 7.20. The summed E-state index contributed by atoms with van der Waals surface area (Å²) in [5, 5.41) is 11.6. The predicted octanol–water partition coefficient (Wildman–Crippen LogP) is 2.84. The molecule has 0 aliphatic heterocycles. The van der Waals surface area contributed by atoms with E-state index < -0.39 is 5.38 Å². The van der Waals surface area contributed by atoms with Gasteiger partial charge in [-0.1, -0.05) is 6.07 Å². The Labute approximate surface area is 133 Å². The van der Waals surface area contributed by atoms with Gasteiger partial charge in [-0.2, -0.15) is 5.10 Å². The van der Waals surface area contributed by atoms with E-state index in [-0.39, 0.29) is 11.8 Å². The number of carbonyl (C=O) groups is 2. The van der Waals surface area contributed by atoms with E-state index in [0.29, 0.717) is 22.6 Å². The minimum atomic E-state index is -0.645. The third-order valence-corrected chi connectivity index (χ3v) is 3.32. The lowest BCUT2D eigenvalue weighted by atomic mass is 10.1. The molecule has 1 aromatic carbocycles. The highest BCUT2D eigenvalue weighted by Crippen LogP contribution is 2.18. The van der Waals surface area contributed by atoms with Crippen molar-refractivity contribution in [2.75, 3.05) is 10.6 Å². The van der Waals surface area contributed by atoms with Crippen LogP contribution >= 0.6 is 11.6 Å². The minimum Gasteiger partial charge on any atom is -0.325 e. The number of hydrogen-bond acceptors (Lipinski definition) is 3. The van der Waals surface area contributed by atoms with Crippen LogP contribution in [0.15, 0.2) is 24.3 Å². The van der Waals surface area contributed by atoms with E-state index in [9.17, 15) is 9.59 Å². The van der Waals surface area contributed by atoms with Gasteiger partial charge in [-0.25, -0.2) is 0 Å². The number of alkyl halides is 1. The molecule has 6 nitrogen and oxygen atoms in total. The van der Waals surface area contributed by atoms with E-state index in [0.717, 1.165) is 5.69 Å². The molecule has 2 amide bonds. The largest absolute Gasteiger partial charge is 0.325 e. The summed E-state index contributed by atoms with van der Waals surface area (Å²) < 4.78 is 0. The molecule has 0 radical (unpaired) electrons. The van der Waals surface area contributed by atoms with Gasteiger partial charge < -0.3 is 10.6 Å². The molecule has 0 bridgehead atoms. The van der Waals surface area contributed by atoms with Crippen LogP contribution in [0.3, 0.4) is 0 Å². The van der Waals surface area contributed by atoms with Crippen molar-refractivity contribution in [2.24, 2.45) is 0 Å². The van der Waals surface area contributed by atoms with E-state index in [1.165, 1.54) is 0 Å². The Morgan fingerprint density at radius 2 is 2.00 bits per heavy atom. The minimum absolute atomic E-state index is 0.275. The number of anilines is 2. The number of H-pyrrole nitrogens is 1. The lowest BCUT2D eigenvalue weighted by Gasteiger charge is -2.09. The number of nitrogens with zero attached hydrogens (tertiary/aromatic N) is 1. The van der Waals surface area contributed by atoms with Gasteiger partial charge in [0.15, 0.2) is 0 Å². The molecule has 2 aromatic rings. The summed E-state index contributed by atoms with van der Waals surface area (Å²) in [6.07, 6.45) is 0. The molecule has 0 saturated carbocycles. The SMILES string of the molecule is Cc1n[nH]c(C)c1NC(=O)c1cccc(NC(=O)[C@H](C)Cl)c1. The van der Waals surface area contributed by atoms with Gasteiger partial charge in [0.2, 0.25) is 5.91 Å². The fraction of sp³-hybridized carbons (Fsp3) is 0.267. The fourth-order valence-corrected chi connectivity index (χ4v) is 1.96. The molecule has 0 fully saturated rings. The van der Waals surface area contributed by atoms with Crippen molar-refractivity contribution in [3.8, 4) is 0 Å². The van der Waals surface area contributed by atoms with Gasteiger partial charge >= 0.3 is 0 Å². The molecule has 0 saturated heterocycles. The van der Waals surface area contributed by atoms with Gasteiger partial charge in [-0.3, -0.25) is 14.7 Å². The van der Waals surface area contributed by atoms with Gasteiger partial charge in [0.1, 0.15) is 5.38 Å². The Morgan fingerprint density at radius 1 is 1.27 bits per heavy atom.